The van der Waals surface area contributed by atoms with E-state index in [9.17, 15) is 14.7 Å². The van der Waals surface area contributed by atoms with Gasteiger partial charge in [-0.05, 0) is 20.1 Å². The number of amides is 1. The lowest BCUT2D eigenvalue weighted by atomic mass is 9.83. The van der Waals surface area contributed by atoms with Gasteiger partial charge in [0.15, 0.2) is 0 Å². The summed E-state index contributed by atoms with van der Waals surface area (Å²) in [6, 6.07) is -0.105. The number of amidine groups is 1. The minimum Gasteiger partial charge on any atom is -0.393 e. The standard InChI is InChI=1S/C16H22N3O3S2/c1-8(21)15-10-4-12(11(7-20)19(10)16(15)22)24-14-6-18(9(2)17)5-13(14)23-3/h8,10,13-15,17,21H,4-6H2,1-3H3/t8?,10-,13?,14?,15?/m1/s1. The quantitative estimate of drug-likeness (QED) is 0.429. The summed E-state index contributed by atoms with van der Waals surface area (Å²) in [7, 11) is 0. The van der Waals surface area contributed by atoms with Crippen molar-refractivity contribution < 1.29 is 14.7 Å². The molecule has 1 amide bonds. The molecular formula is C16H22N3O3S2. The summed E-state index contributed by atoms with van der Waals surface area (Å²) in [4.78, 5) is 28.1. The predicted molar refractivity (Wildman–Crippen MR) is 96.8 cm³/mol. The van der Waals surface area contributed by atoms with Gasteiger partial charge in [0, 0.05) is 34.9 Å². The van der Waals surface area contributed by atoms with E-state index in [-0.39, 0.29) is 17.2 Å². The fourth-order valence-electron chi connectivity index (χ4n) is 3.76. The third-order valence-electron chi connectivity index (χ3n) is 5.07. The number of carbonyl (C=O) groups excluding carboxylic acids is 2. The van der Waals surface area contributed by atoms with E-state index < -0.39 is 12.0 Å². The second-order valence-electron chi connectivity index (χ2n) is 6.54. The highest BCUT2D eigenvalue weighted by Gasteiger charge is 2.55. The average Bonchev–Trinajstić information content (AvgIpc) is 3.06. The Morgan fingerprint density at radius 2 is 2.08 bits per heavy atom. The van der Waals surface area contributed by atoms with E-state index in [0.29, 0.717) is 23.2 Å². The molecule has 24 heavy (non-hydrogen) atoms. The van der Waals surface area contributed by atoms with Crippen molar-refractivity contribution in [3.05, 3.63) is 10.6 Å². The minimum absolute atomic E-state index is 0.105. The number of fused-ring (bicyclic) bond motifs is 1. The summed E-state index contributed by atoms with van der Waals surface area (Å²) in [6.45, 7) is 5.03. The summed E-state index contributed by atoms with van der Waals surface area (Å²) < 4.78 is 0. The third-order valence-corrected chi connectivity index (χ3v) is 7.75. The lowest BCUT2D eigenvalue weighted by Gasteiger charge is -2.44. The summed E-state index contributed by atoms with van der Waals surface area (Å²) in [5.41, 5.74) is 0.358. The van der Waals surface area contributed by atoms with Gasteiger partial charge in [-0.25, -0.2) is 0 Å². The number of aliphatic hydroxyl groups is 1. The molecule has 0 aromatic heterocycles. The van der Waals surface area contributed by atoms with Gasteiger partial charge in [-0.2, -0.15) is 11.8 Å². The maximum atomic E-state index is 12.2. The van der Waals surface area contributed by atoms with Crippen molar-refractivity contribution in [2.75, 3.05) is 19.3 Å². The van der Waals surface area contributed by atoms with Gasteiger partial charge in [0.2, 0.25) is 5.91 Å². The summed E-state index contributed by atoms with van der Waals surface area (Å²) in [5.74, 6) is -0.0201. The first-order chi connectivity index (χ1) is 11.4. The van der Waals surface area contributed by atoms with Gasteiger partial charge in [-0.3, -0.25) is 15.0 Å². The van der Waals surface area contributed by atoms with Gasteiger partial charge >= 0.3 is 0 Å². The number of nitrogens with zero attached hydrogens (tertiary/aromatic N) is 2. The van der Waals surface area contributed by atoms with Crippen molar-refractivity contribution in [3.63, 3.8) is 0 Å². The van der Waals surface area contributed by atoms with Gasteiger partial charge in [0.05, 0.1) is 23.9 Å². The van der Waals surface area contributed by atoms with E-state index in [2.05, 4.69) is 11.2 Å². The molecule has 0 bridgehead atoms. The minimum atomic E-state index is -0.697. The first kappa shape index (κ1) is 17.8. The number of nitrogens with one attached hydrogen (secondary N) is 1. The molecule has 131 valence electrons. The molecule has 0 saturated carbocycles. The van der Waals surface area contributed by atoms with Crippen LogP contribution in [0.25, 0.3) is 0 Å². The molecule has 0 aromatic carbocycles. The van der Waals surface area contributed by atoms with Crippen LogP contribution in [0.3, 0.4) is 0 Å². The number of aliphatic hydroxyl groups excluding tert-OH is 1. The van der Waals surface area contributed by atoms with Crippen LogP contribution in [-0.4, -0.2) is 74.9 Å². The number of β-lactam (4-membered cyclic amide) rings is 1. The molecule has 3 rings (SSSR count). The van der Waals surface area contributed by atoms with Crippen LogP contribution < -0.4 is 0 Å². The summed E-state index contributed by atoms with van der Waals surface area (Å²) in [6.07, 6.45) is 3.94. The second-order valence-corrected chi connectivity index (χ2v) is 8.95. The fraction of sp³-hybridized carbons (Fsp3) is 0.688. The molecular weight excluding hydrogens is 346 g/mol. The molecule has 0 aliphatic carbocycles. The zero-order chi connectivity index (χ0) is 17.6. The van der Waals surface area contributed by atoms with Crippen LogP contribution in [0.1, 0.15) is 20.3 Å². The Morgan fingerprint density at radius 1 is 1.42 bits per heavy atom. The second kappa shape index (κ2) is 6.72. The Hall–Kier alpha value is -0.990. The molecule has 3 heterocycles. The van der Waals surface area contributed by atoms with Gasteiger partial charge in [-0.15, -0.1) is 11.8 Å². The van der Waals surface area contributed by atoms with Crippen molar-refractivity contribution >= 4 is 41.6 Å². The van der Waals surface area contributed by atoms with E-state index in [1.165, 1.54) is 4.90 Å². The Labute approximate surface area is 150 Å². The zero-order valence-electron chi connectivity index (χ0n) is 14.0. The molecule has 2 fully saturated rings. The van der Waals surface area contributed by atoms with Crippen LogP contribution in [-0.2, 0) is 9.59 Å². The molecule has 4 unspecified atom stereocenters. The van der Waals surface area contributed by atoms with Crippen LogP contribution in [0.15, 0.2) is 10.6 Å². The van der Waals surface area contributed by atoms with Crippen molar-refractivity contribution in [1.82, 2.24) is 9.80 Å². The highest BCUT2D eigenvalue weighted by atomic mass is 32.2. The van der Waals surface area contributed by atoms with Gasteiger partial charge in [0.1, 0.15) is 5.70 Å². The summed E-state index contributed by atoms with van der Waals surface area (Å²) in [5, 5.41) is 18.3. The monoisotopic (exact) mass is 368 g/mol. The van der Waals surface area contributed by atoms with Gasteiger partial charge < -0.3 is 14.9 Å². The topological polar surface area (TPSA) is 84.7 Å². The molecule has 6 nitrogen and oxygen atoms in total. The normalized spacial score (nSPS) is 33.6. The Kier molecular flexibility index (Phi) is 4.99. The molecule has 3 aliphatic rings. The van der Waals surface area contributed by atoms with Crippen LogP contribution in [0.2, 0.25) is 0 Å². The highest BCUT2D eigenvalue weighted by molar-refractivity contribution is 8.06. The van der Waals surface area contributed by atoms with Crippen molar-refractivity contribution in [3.8, 4) is 0 Å². The largest absolute Gasteiger partial charge is 0.393 e. The Balaban J connectivity index is 1.76. The van der Waals surface area contributed by atoms with Crippen LogP contribution >= 0.6 is 23.5 Å². The van der Waals surface area contributed by atoms with Crippen LogP contribution in [0, 0.1) is 11.3 Å². The maximum Gasteiger partial charge on any atom is 0.252 e. The van der Waals surface area contributed by atoms with E-state index in [0.717, 1.165) is 18.0 Å². The number of allylic oxidation sites excluding steroid dienone is 1. The predicted octanol–water partition coefficient (Wildman–Crippen LogP) is 1.07. The van der Waals surface area contributed by atoms with E-state index in [1.807, 2.05) is 6.29 Å². The van der Waals surface area contributed by atoms with Gasteiger partial charge in [-0.1, -0.05) is 0 Å². The van der Waals surface area contributed by atoms with Crippen molar-refractivity contribution in [1.29, 1.82) is 5.41 Å². The molecule has 2 saturated heterocycles. The summed E-state index contributed by atoms with van der Waals surface area (Å²) >= 11 is 3.42. The maximum absolute atomic E-state index is 12.2. The van der Waals surface area contributed by atoms with Crippen LogP contribution in [0.5, 0.6) is 0 Å². The number of likely N-dealkylation sites (tertiary alicyclic amines) is 1. The Morgan fingerprint density at radius 3 is 2.62 bits per heavy atom. The Bertz CT molecular complexity index is 607. The number of hydrogen-bond acceptors (Lipinski definition) is 6. The number of carbonyl (C=O) groups is 1. The highest BCUT2D eigenvalue weighted by Crippen LogP contribution is 2.48. The molecule has 0 spiro atoms. The smallest absolute Gasteiger partial charge is 0.252 e. The lowest BCUT2D eigenvalue weighted by molar-refractivity contribution is -0.156. The van der Waals surface area contributed by atoms with Crippen LogP contribution in [0.4, 0.5) is 0 Å². The first-order valence-electron chi connectivity index (χ1n) is 8.01. The van der Waals surface area contributed by atoms with E-state index in [4.69, 9.17) is 5.41 Å². The molecule has 5 atom stereocenters. The third kappa shape index (κ3) is 2.78. The molecule has 0 aromatic rings. The number of rotatable bonds is 5. The average molecular weight is 369 g/mol. The molecule has 2 N–H and O–H groups in total. The SMILES string of the molecule is CSC1CN(C(C)=N)CC1SC1=C([C]=O)N2C(=O)C(C(C)O)[C@H]2C1. The lowest BCUT2D eigenvalue weighted by Crippen LogP contribution is -2.61. The first-order valence-corrected chi connectivity index (χ1v) is 10.2. The number of thioether (sulfide) groups is 2. The molecule has 1 radical (unpaired) electrons. The zero-order valence-corrected chi connectivity index (χ0v) is 15.6. The van der Waals surface area contributed by atoms with Crippen molar-refractivity contribution in [2.24, 2.45) is 5.92 Å². The van der Waals surface area contributed by atoms with Crippen molar-refractivity contribution in [2.45, 2.75) is 42.9 Å². The fourth-order valence-corrected chi connectivity index (χ4v) is 6.36. The molecule has 8 heteroatoms. The number of hydrogen-bond donors (Lipinski definition) is 2. The molecule has 3 aliphatic heterocycles. The van der Waals surface area contributed by atoms with Gasteiger partial charge in [0.25, 0.3) is 6.29 Å². The van der Waals surface area contributed by atoms with E-state index in [1.54, 1.807) is 37.4 Å². The van der Waals surface area contributed by atoms with E-state index >= 15 is 0 Å².